The first-order chi connectivity index (χ1) is 9.17. The fourth-order valence-electron chi connectivity index (χ4n) is 1.68. The number of benzene rings is 1. The van der Waals surface area contributed by atoms with E-state index in [4.69, 9.17) is 18.9 Å². The molecular weight excluding hydrogens is 244 g/mol. The summed E-state index contributed by atoms with van der Waals surface area (Å²) in [5, 5.41) is 0. The molecule has 0 heterocycles. The molecule has 0 atom stereocenters. The summed E-state index contributed by atoms with van der Waals surface area (Å²) in [4.78, 5) is 0. The number of ether oxygens (including phenoxy) is 4. The Labute approximate surface area is 114 Å². The number of hydrogen-bond donors (Lipinski definition) is 0. The van der Waals surface area contributed by atoms with Gasteiger partial charge in [0.1, 0.15) is 12.4 Å². The molecule has 4 nitrogen and oxygen atoms in total. The van der Waals surface area contributed by atoms with Crippen LogP contribution in [-0.2, 0) is 4.74 Å². The molecule has 0 bridgehead atoms. The summed E-state index contributed by atoms with van der Waals surface area (Å²) in [6.45, 7) is 5.98. The van der Waals surface area contributed by atoms with Gasteiger partial charge in [0.15, 0.2) is 11.5 Å². The van der Waals surface area contributed by atoms with Crippen molar-refractivity contribution in [3.8, 4) is 17.2 Å². The highest BCUT2D eigenvalue weighted by atomic mass is 16.5. The minimum atomic E-state index is 0.412. The van der Waals surface area contributed by atoms with Gasteiger partial charge in [-0.2, -0.15) is 0 Å². The first-order valence-electron chi connectivity index (χ1n) is 5.87. The summed E-state index contributed by atoms with van der Waals surface area (Å²) in [5.41, 5.74) is 1.83. The lowest BCUT2D eigenvalue weighted by Gasteiger charge is -2.15. The van der Waals surface area contributed by atoms with E-state index in [-0.39, 0.29) is 0 Å². The summed E-state index contributed by atoms with van der Waals surface area (Å²) in [6.07, 6.45) is 3.34. The zero-order valence-corrected chi connectivity index (χ0v) is 11.9. The zero-order chi connectivity index (χ0) is 14.3. The minimum absolute atomic E-state index is 0.412. The van der Waals surface area contributed by atoms with Gasteiger partial charge in [0.2, 0.25) is 0 Å². The molecule has 0 N–H and O–H groups in total. The van der Waals surface area contributed by atoms with Crippen molar-refractivity contribution < 1.29 is 18.9 Å². The van der Waals surface area contributed by atoms with Crippen LogP contribution in [0.1, 0.15) is 12.5 Å². The molecule has 0 aromatic heterocycles. The Balaban J connectivity index is 3.28. The molecule has 0 saturated heterocycles. The van der Waals surface area contributed by atoms with Gasteiger partial charge in [-0.05, 0) is 18.6 Å². The maximum absolute atomic E-state index is 5.58. The van der Waals surface area contributed by atoms with E-state index >= 15 is 0 Å². The third-order valence-electron chi connectivity index (χ3n) is 2.56. The number of allylic oxidation sites excluding steroid dienone is 1. The highest BCUT2D eigenvalue weighted by molar-refractivity contribution is 5.71. The van der Waals surface area contributed by atoms with E-state index in [9.17, 15) is 0 Å². The summed E-state index contributed by atoms with van der Waals surface area (Å²) >= 11 is 0. The molecule has 19 heavy (non-hydrogen) atoms. The van der Waals surface area contributed by atoms with Gasteiger partial charge in [-0.15, -0.1) is 0 Å². The van der Waals surface area contributed by atoms with Crippen molar-refractivity contribution in [1.29, 1.82) is 0 Å². The van der Waals surface area contributed by atoms with Crippen molar-refractivity contribution in [3.63, 3.8) is 0 Å². The molecule has 1 rings (SSSR count). The predicted octanol–water partition coefficient (Wildman–Crippen LogP) is 3.28. The van der Waals surface area contributed by atoms with Crippen molar-refractivity contribution in [2.24, 2.45) is 0 Å². The molecule has 0 aliphatic heterocycles. The van der Waals surface area contributed by atoms with Crippen LogP contribution in [0.15, 0.2) is 31.0 Å². The highest BCUT2D eigenvalue weighted by Gasteiger charge is 2.13. The lowest BCUT2D eigenvalue weighted by Crippen LogP contribution is -1.99. The smallest absolute Gasteiger partial charge is 0.164 e. The summed E-state index contributed by atoms with van der Waals surface area (Å²) in [6, 6.07) is 3.66. The van der Waals surface area contributed by atoms with Crippen molar-refractivity contribution in [2.75, 3.05) is 27.9 Å². The molecule has 0 radical (unpaired) electrons. The molecule has 0 fully saturated rings. The van der Waals surface area contributed by atoms with Crippen LogP contribution in [0.5, 0.6) is 17.2 Å². The van der Waals surface area contributed by atoms with Crippen LogP contribution in [-0.4, -0.2) is 27.9 Å². The highest BCUT2D eigenvalue weighted by Crippen LogP contribution is 2.37. The van der Waals surface area contributed by atoms with Gasteiger partial charge < -0.3 is 18.9 Å². The van der Waals surface area contributed by atoms with Crippen molar-refractivity contribution in [1.82, 2.24) is 0 Å². The molecule has 1 aromatic carbocycles. The first-order valence-corrected chi connectivity index (χ1v) is 5.87. The third-order valence-corrected chi connectivity index (χ3v) is 2.56. The average molecular weight is 264 g/mol. The fourth-order valence-corrected chi connectivity index (χ4v) is 1.68. The third kappa shape index (κ3) is 3.68. The number of rotatable bonds is 7. The fraction of sp³-hybridized carbons (Fsp3) is 0.333. The van der Waals surface area contributed by atoms with E-state index < -0.39 is 0 Å². The van der Waals surface area contributed by atoms with Crippen LogP contribution in [0.4, 0.5) is 0 Å². The quantitative estimate of drug-likeness (QED) is 0.559. The number of hydrogen-bond acceptors (Lipinski definition) is 4. The van der Waals surface area contributed by atoms with Crippen LogP contribution >= 0.6 is 0 Å². The van der Waals surface area contributed by atoms with Crippen molar-refractivity contribution >= 4 is 5.57 Å². The van der Waals surface area contributed by atoms with E-state index in [1.165, 1.54) is 0 Å². The van der Waals surface area contributed by atoms with Gasteiger partial charge in [0.25, 0.3) is 0 Å². The number of methoxy groups -OCH3 is 3. The Kier molecular flexibility index (Phi) is 5.79. The second-order valence-electron chi connectivity index (χ2n) is 3.84. The van der Waals surface area contributed by atoms with Gasteiger partial charge >= 0.3 is 0 Å². The molecule has 4 heteroatoms. The summed E-state index contributed by atoms with van der Waals surface area (Å²) < 4.78 is 21.3. The van der Waals surface area contributed by atoms with Crippen molar-refractivity contribution in [2.45, 2.75) is 6.92 Å². The maximum atomic E-state index is 5.58. The maximum Gasteiger partial charge on any atom is 0.164 e. The molecule has 104 valence electrons. The molecule has 1 aromatic rings. The monoisotopic (exact) mass is 264 g/mol. The van der Waals surface area contributed by atoms with Gasteiger partial charge in [-0.3, -0.25) is 0 Å². The Hall–Kier alpha value is -2.10. The second kappa shape index (κ2) is 7.36. The normalized spacial score (nSPS) is 10.8. The molecule has 0 aliphatic rings. The zero-order valence-electron chi connectivity index (χ0n) is 11.9. The van der Waals surface area contributed by atoms with Crippen LogP contribution in [0.25, 0.3) is 5.57 Å². The summed E-state index contributed by atoms with van der Waals surface area (Å²) in [5.74, 6) is 1.96. The Morgan fingerprint density at radius 3 is 2.32 bits per heavy atom. The molecule has 0 amide bonds. The molecule has 0 spiro atoms. The van der Waals surface area contributed by atoms with E-state index in [0.29, 0.717) is 23.9 Å². The van der Waals surface area contributed by atoms with Crippen LogP contribution < -0.4 is 14.2 Å². The van der Waals surface area contributed by atoms with E-state index in [2.05, 4.69) is 6.58 Å². The van der Waals surface area contributed by atoms with Crippen molar-refractivity contribution in [3.05, 3.63) is 36.6 Å². The minimum Gasteiger partial charge on any atom is -0.504 e. The van der Waals surface area contributed by atoms with E-state index in [1.54, 1.807) is 39.7 Å². The Bertz CT molecular complexity index is 463. The molecule has 0 unspecified atom stereocenters. The Morgan fingerprint density at radius 2 is 1.79 bits per heavy atom. The van der Waals surface area contributed by atoms with Gasteiger partial charge in [0.05, 0.1) is 27.6 Å². The van der Waals surface area contributed by atoms with E-state index in [1.807, 2.05) is 13.0 Å². The SMILES string of the molecule is C=CCOc1cc(/C(C)=C\OC)c(OC)cc1OC. The average Bonchev–Trinajstić information content (AvgIpc) is 2.44. The lowest BCUT2D eigenvalue weighted by atomic mass is 10.1. The standard InChI is InChI=1S/C15H20O4/c1-6-7-19-15-8-12(11(2)10-16-3)13(17-4)9-14(15)18-5/h6,8-10H,1,7H2,2-5H3/b11-10-. The first kappa shape index (κ1) is 15.0. The van der Waals surface area contributed by atoms with Crippen LogP contribution in [0.2, 0.25) is 0 Å². The Morgan fingerprint density at radius 1 is 1.11 bits per heavy atom. The van der Waals surface area contributed by atoms with Gasteiger partial charge in [-0.25, -0.2) is 0 Å². The van der Waals surface area contributed by atoms with E-state index in [0.717, 1.165) is 11.1 Å². The van der Waals surface area contributed by atoms with Crippen LogP contribution in [0.3, 0.4) is 0 Å². The lowest BCUT2D eigenvalue weighted by molar-refractivity contribution is 0.322. The molecular formula is C15H20O4. The van der Waals surface area contributed by atoms with Gasteiger partial charge in [-0.1, -0.05) is 12.7 Å². The van der Waals surface area contributed by atoms with Gasteiger partial charge in [0, 0.05) is 11.6 Å². The predicted molar refractivity (Wildman–Crippen MR) is 75.9 cm³/mol. The summed E-state index contributed by atoms with van der Waals surface area (Å²) in [7, 11) is 4.81. The van der Waals surface area contributed by atoms with Crippen LogP contribution in [0, 0.1) is 0 Å². The second-order valence-corrected chi connectivity index (χ2v) is 3.84. The molecule has 0 aliphatic carbocycles. The largest absolute Gasteiger partial charge is 0.504 e. The molecule has 0 saturated carbocycles. The topological polar surface area (TPSA) is 36.9 Å².